The first-order valence-electron chi connectivity index (χ1n) is 4.96. The molecule has 1 aromatic carbocycles. The number of hydrogen-bond acceptors (Lipinski definition) is 3. The minimum Gasteiger partial charge on any atom is -0.491 e. The average molecular weight is 318 g/mol. The predicted octanol–water partition coefficient (Wildman–Crippen LogP) is 2.72. The van der Waals surface area contributed by atoms with Gasteiger partial charge in [-0.05, 0) is 22.0 Å². The van der Waals surface area contributed by atoms with Crippen LogP contribution >= 0.6 is 15.9 Å². The van der Waals surface area contributed by atoms with Crippen molar-refractivity contribution in [2.45, 2.75) is 0 Å². The van der Waals surface area contributed by atoms with Crippen molar-refractivity contribution in [3.05, 3.63) is 28.4 Å². The third-order valence-electron chi connectivity index (χ3n) is 2.59. The molecule has 0 bridgehead atoms. The van der Waals surface area contributed by atoms with Gasteiger partial charge in [0.05, 0.1) is 17.8 Å². The number of aromatic nitrogens is 2. The lowest BCUT2D eigenvalue weighted by atomic mass is 10.1. The lowest BCUT2D eigenvalue weighted by Gasteiger charge is -2.10. The van der Waals surface area contributed by atoms with Crippen molar-refractivity contribution in [2.75, 3.05) is 12.8 Å². The molecule has 0 saturated heterocycles. The highest BCUT2D eigenvalue weighted by Gasteiger charge is 2.21. The van der Waals surface area contributed by atoms with Gasteiger partial charge in [-0.15, -0.1) is 0 Å². The molecule has 0 fully saturated rings. The van der Waals surface area contributed by atoms with Crippen molar-refractivity contribution < 1.29 is 13.5 Å². The molecule has 0 radical (unpaired) electrons. The molecule has 2 aromatic rings. The molecular weight excluding hydrogens is 308 g/mol. The second kappa shape index (κ2) is 4.56. The van der Waals surface area contributed by atoms with Crippen LogP contribution in [0.1, 0.15) is 0 Å². The van der Waals surface area contributed by atoms with E-state index < -0.39 is 17.4 Å². The Balaban J connectivity index is 2.73. The Morgan fingerprint density at radius 1 is 1.33 bits per heavy atom. The van der Waals surface area contributed by atoms with Gasteiger partial charge in [0.25, 0.3) is 0 Å². The van der Waals surface area contributed by atoms with Gasteiger partial charge < -0.3 is 10.5 Å². The quantitative estimate of drug-likeness (QED) is 0.866. The van der Waals surface area contributed by atoms with E-state index in [1.165, 1.54) is 24.1 Å². The first-order chi connectivity index (χ1) is 8.47. The second-order valence-corrected chi connectivity index (χ2v) is 4.49. The van der Waals surface area contributed by atoms with E-state index in [9.17, 15) is 8.78 Å². The van der Waals surface area contributed by atoms with E-state index in [-0.39, 0.29) is 15.9 Å². The molecule has 0 amide bonds. The number of aryl methyl sites for hydroxylation is 1. The van der Waals surface area contributed by atoms with Crippen LogP contribution < -0.4 is 10.5 Å². The van der Waals surface area contributed by atoms with Gasteiger partial charge in [-0.25, -0.2) is 8.78 Å². The van der Waals surface area contributed by atoms with Crippen LogP contribution in [0.2, 0.25) is 0 Å². The van der Waals surface area contributed by atoms with E-state index in [0.29, 0.717) is 5.56 Å². The molecule has 2 N–H and O–H groups in total. The van der Waals surface area contributed by atoms with Crippen LogP contribution in [-0.2, 0) is 7.05 Å². The number of nitrogen functional groups attached to an aromatic ring is 1. The number of hydrogen-bond donors (Lipinski definition) is 1. The summed E-state index contributed by atoms with van der Waals surface area (Å²) in [6.07, 6.45) is 1.41. The molecule has 2 rings (SSSR count). The fourth-order valence-electron chi connectivity index (χ4n) is 1.61. The molecule has 0 atom stereocenters. The summed E-state index contributed by atoms with van der Waals surface area (Å²) in [4.78, 5) is 0. The Kier molecular flexibility index (Phi) is 3.25. The number of nitrogens with two attached hydrogens (primary N) is 1. The Morgan fingerprint density at radius 3 is 2.50 bits per heavy atom. The van der Waals surface area contributed by atoms with Crippen molar-refractivity contribution >= 4 is 21.7 Å². The summed E-state index contributed by atoms with van der Waals surface area (Å²) in [6, 6.07) is 1.31. The minimum atomic E-state index is -0.807. The molecule has 1 aromatic heterocycles. The fourth-order valence-corrected chi connectivity index (χ4v) is 2.02. The second-order valence-electron chi connectivity index (χ2n) is 3.63. The van der Waals surface area contributed by atoms with E-state index in [1.54, 1.807) is 7.05 Å². The van der Waals surface area contributed by atoms with E-state index in [2.05, 4.69) is 21.0 Å². The Hall–Kier alpha value is -1.63. The lowest BCUT2D eigenvalue weighted by molar-refractivity contribution is 0.359. The number of halogens is 3. The monoisotopic (exact) mass is 317 g/mol. The number of anilines is 1. The molecule has 0 saturated carbocycles. The molecule has 96 valence electrons. The van der Waals surface area contributed by atoms with Crippen LogP contribution in [0.3, 0.4) is 0 Å². The van der Waals surface area contributed by atoms with E-state index in [4.69, 9.17) is 10.5 Å². The molecule has 18 heavy (non-hydrogen) atoms. The first kappa shape index (κ1) is 12.8. The summed E-state index contributed by atoms with van der Waals surface area (Å²) in [5.41, 5.74) is 6.28. The van der Waals surface area contributed by atoms with Crippen molar-refractivity contribution in [3.63, 3.8) is 0 Å². The maximum absolute atomic E-state index is 14.1. The fraction of sp³-hybridized carbons (Fsp3) is 0.182. The molecule has 7 heteroatoms. The maximum atomic E-state index is 14.1. The van der Waals surface area contributed by atoms with Crippen LogP contribution in [0.4, 0.5) is 14.6 Å². The zero-order chi connectivity index (χ0) is 13.4. The van der Waals surface area contributed by atoms with Crippen LogP contribution in [-0.4, -0.2) is 16.9 Å². The van der Waals surface area contributed by atoms with Gasteiger partial charge in [-0.1, -0.05) is 0 Å². The van der Waals surface area contributed by atoms with Crippen molar-refractivity contribution in [1.82, 2.24) is 9.78 Å². The lowest BCUT2D eigenvalue weighted by Crippen LogP contribution is -2.00. The zero-order valence-corrected chi connectivity index (χ0v) is 11.3. The number of methoxy groups -OCH3 is 1. The number of ether oxygens (including phenoxy) is 1. The van der Waals surface area contributed by atoms with Crippen molar-refractivity contribution in [2.24, 2.45) is 7.05 Å². The highest BCUT2D eigenvalue weighted by molar-refractivity contribution is 9.10. The maximum Gasteiger partial charge on any atom is 0.192 e. The Morgan fingerprint density at radius 2 is 2.00 bits per heavy atom. The molecule has 0 spiro atoms. The van der Waals surface area contributed by atoms with Crippen LogP contribution in [0.15, 0.2) is 16.7 Å². The molecule has 0 aliphatic heterocycles. The summed E-state index contributed by atoms with van der Waals surface area (Å²) in [7, 11) is 2.83. The van der Waals surface area contributed by atoms with Gasteiger partial charge in [0.15, 0.2) is 17.4 Å². The normalized spacial score (nSPS) is 10.7. The topological polar surface area (TPSA) is 53.1 Å². The Bertz CT molecular complexity index is 613. The summed E-state index contributed by atoms with van der Waals surface area (Å²) in [6.45, 7) is 0. The van der Waals surface area contributed by atoms with Crippen molar-refractivity contribution in [3.8, 4) is 16.9 Å². The average Bonchev–Trinajstić information content (AvgIpc) is 2.66. The molecule has 0 aliphatic rings. The molecule has 0 aliphatic carbocycles. The van der Waals surface area contributed by atoms with Gasteiger partial charge in [-0.2, -0.15) is 5.10 Å². The summed E-state index contributed by atoms with van der Waals surface area (Å²) in [5.74, 6) is -1.77. The smallest absolute Gasteiger partial charge is 0.192 e. The molecule has 4 nitrogen and oxygen atoms in total. The third-order valence-corrected chi connectivity index (χ3v) is 3.17. The summed E-state index contributed by atoms with van der Waals surface area (Å²) < 4.78 is 33.9. The molecular formula is C11H10BrF2N3O. The van der Waals surface area contributed by atoms with Crippen LogP contribution in [0.5, 0.6) is 5.75 Å². The summed E-state index contributed by atoms with van der Waals surface area (Å²) >= 11 is 3.01. The van der Waals surface area contributed by atoms with Gasteiger partial charge >= 0.3 is 0 Å². The summed E-state index contributed by atoms with van der Waals surface area (Å²) in [5, 5.41) is 3.92. The van der Waals surface area contributed by atoms with Gasteiger partial charge in [0.1, 0.15) is 5.82 Å². The predicted molar refractivity (Wildman–Crippen MR) is 67.2 cm³/mol. The standard InChI is InChI=1S/C11H10BrF2N3O/c1-17-11(15)6(4-16-17)5-3-7(12)9(14)10(18-2)8(5)13/h3-4H,15H2,1-2H3. The number of nitrogens with zero attached hydrogens (tertiary/aromatic N) is 2. The highest BCUT2D eigenvalue weighted by Crippen LogP contribution is 2.37. The number of benzene rings is 1. The molecule has 1 heterocycles. The zero-order valence-electron chi connectivity index (χ0n) is 9.67. The van der Waals surface area contributed by atoms with Gasteiger partial charge in [0.2, 0.25) is 0 Å². The number of rotatable bonds is 2. The van der Waals surface area contributed by atoms with E-state index in [0.717, 1.165) is 0 Å². The Labute approximate surface area is 110 Å². The third kappa shape index (κ3) is 1.84. The SMILES string of the molecule is COc1c(F)c(Br)cc(-c2cnn(C)c2N)c1F. The van der Waals surface area contributed by atoms with Crippen LogP contribution in [0.25, 0.3) is 11.1 Å². The van der Waals surface area contributed by atoms with E-state index in [1.807, 2.05) is 0 Å². The highest BCUT2D eigenvalue weighted by atomic mass is 79.9. The molecule has 0 unspecified atom stereocenters. The van der Waals surface area contributed by atoms with E-state index >= 15 is 0 Å². The first-order valence-corrected chi connectivity index (χ1v) is 5.76. The van der Waals surface area contributed by atoms with Crippen molar-refractivity contribution in [1.29, 1.82) is 0 Å². The minimum absolute atomic E-state index is 0.0963. The van der Waals surface area contributed by atoms with Gasteiger partial charge in [0, 0.05) is 18.2 Å². The largest absolute Gasteiger partial charge is 0.491 e. The van der Waals surface area contributed by atoms with Gasteiger partial charge in [-0.3, -0.25) is 4.68 Å². The van der Waals surface area contributed by atoms with Crippen LogP contribution in [0, 0.1) is 11.6 Å².